The van der Waals surface area contributed by atoms with Crippen LogP contribution in [0.25, 0.3) is 11.3 Å². The summed E-state index contributed by atoms with van der Waals surface area (Å²) < 4.78 is 47.3. The van der Waals surface area contributed by atoms with Crippen LogP contribution >= 0.6 is 22.9 Å². The zero-order valence-electron chi connectivity index (χ0n) is 31.2. The van der Waals surface area contributed by atoms with E-state index in [2.05, 4.69) is 21.6 Å². The summed E-state index contributed by atoms with van der Waals surface area (Å²) in [6.07, 6.45) is 7.38. The van der Waals surface area contributed by atoms with Crippen LogP contribution in [0.15, 0.2) is 54.6 Å². The Balaban J connectivity index is 1.05. The van der Waals surface area contributed by atoms with Gasteiger partial charge in [0.15, 0.2) is 0 Å². The average Bonchev–Trinajstić information content (AvgIpc) is 4.01. The summed E-state index contributed by atoms with van der Waals surface area (Å²) in [5.41, 5.74) is 1.44. The molecule has 5 atom stereocenters. The van der Waals surface area contributed by atoms with Crippen LogP contribution in [-0.2, 0) is 48.7 Å². The molecule has 4 heterocycles. The van der Waals surface area contributed by atoms with Gasteiger partial charge in [-0.1, -0.05) is 49.1 Å². The highest BCUT2D eigenvalue weighted by Gasteiger charge is 2.62. The van der Waals surface area contributed by atoms with Gasteiger partial charge in [0.05, 0.1) is 29.0 Å². The molecule has 4 fully saturated rings. The van der Waals surface area contributed by atoms with Crippen molar-refractivity contribution in [2.24, 2.45) is 17.8 Å². The van der Waals surface area contributed by atoms with Crippen molar-refractivity contribution in [1.82, 2.24) is 29.8 Å². The van der Waals surface area contributed by atoms with Gasteiger partial charge in [0, 0.05) is 53.4 Å². The van der Waals surface area contributed by atoms with E-state index >= 15 is 0 Å². The number of fused-ring (bicyclic) bond motifs is 1. The topological polar surface area (TPSA) is 168 Å². The lowest BCUT2D eigenvalue weighted by atomic mass is 9.78. The maximum absolute atomic E-state index is 15.0. The number of hydrogen-bond donors (Lipinski definition) is 2. The minimum atomic E-state index is -3.91. The van der Waals surface area contributed by atoms with Gasteiger partial charge in [-0.15, -0.1) is 17.9 Å². The highest BCUT2D eigenvalue weighted by Crippen LogP contribution is 2.46. The normalized spacial score (nSPS) is 25.1. The second kappa shape index (κ2) is 15.7. The van der Waals surface area contributed by atoms with Crippen LogP contribution in [0.3, 0.4) is 0 Å². The Morgan fingerprint density at radius 1 is 1.11 bits per heavy atom. The maximum atomic E-state index is 15.0. The van der Waals surface area contributed by atoms with Crippen molar-refractivity contribution in [3.8, 4) is 11.3 Å². The SMILES string of the molecule is C=C[C@@H]1C[C@]1(NC(=O)[C@@H]1C[C@@H](OC(=O)N2Cc3cccc(Cl)c3C2)CN1C(=O)[C@@H](Cc1nc(-c2ccc(F)nc2)cs1)C1CCCCC1)C(=O)NS(=O)(=O)C1CC1. The van der Waals surface area contributed by atoms with Crippen LogP contribution in [-0.4, -0.2) is 81.5 Å². The Labute approximate surface area is 339 Å². The molecule has 1 saturated heterocycles. The van der Waals surface area contributed by atoms with E-state index in [1.807, 2.05) is 17.5 Å². The van der Waals surface area contributed by atoms with Crippen molar-refractivity contribution in [3.63, 3.8) is 0 Å². The number of aromatic nitrogens is 2. The first-order valence-electron chi connectivity index (χ1n) is 19.4. The summed E-state index contributed by atoms with van der Waals surface area (Å²) in [7, 11) is -3.91. The predicted octanol–water partition coefficient (Wildman–Crippen LogP) is 5.53. The number of ether oxygens (including phenoxy) is 1. The summed E-state index contributed by atoms with van der Waals surface area (Å²) in [6, 6.07) is 7.22. The molecule has 3 aromatic rings. The van der Waals surface area contributed by atoms with E-state index in [4.69, 9.17) is 21.3 Å². The zero-order chi connectivity index (χ0) is 40.1. The first kappa shape index (κ1) is 39.4. The van der Waals surface area contributed by atoms with E-state index in [-0.39, 0.29) is 37.8 Å². The molecule has 2 aliphatic heterocycles. The number of nitrogens with zero attached hydrogens (tertiary/aromatic N) is 4. The van der Waals surface area contributed by atoms with E-state index in [0.29, 0.717) is 47.1 Å². The molecule has 8 rings (SSSR count). The van der Waals surface area contributed by atoms with Crippen LogP contribution in [0.1, 0.15) is 73.9 Å². The quantitative estimate of drug-likeness (QED) is 0.176. The number of benzene rings is 1. The van der Waals surface area contributed by atoms with Crippen molar-refractivity contribution < 1.29 is 36.7 Å². The summed E-state index contributed by atoms with van der Waals surface area (Å²) >= 11 is 7.80. The van der Waals surface area contributed by atoms with E-state index in [9.17, 15) is 32.0 Å². The molecular formula is C40H44ClFN6O7S2. The molecule has 13 nitrogen and oxygen atoms in total. The second-order valence-electron chi connectivity index (χ2n) is 15.9. The van der Waals surface area contributed by atoms with Crippen LogP contribution in [0.5, 0.6) is 0 Å². The number of rotatable bonds is 12. The lowest BCUT2D eigenvalue weighted by molar-refractivity contribution is -0.144. The molecule has 2 N–H and O–H groups in total. The second-order valence-corrected chi connectivity index (χ2v) is 19.2. The number of nitrogens with one attached hydrogen (secondary N) is 2. The molecule has 3 saturated carbocycles. The van der Waals surface area contributed by atoms with Gasteiger partial charge in [0.2, 0.25) is 27.8 Å². The van der Waals surface area contributed by atoms with Crippen molar-refractivity contribution in [3.05, 3.63) is 81.7 Å². The number of carbonyl (C=O) groups is 4. The van der Waals surface area contributed by atoms with Crippen LogP contribution in [0.2, 0.25) is 5.02 Å². The van der Waals surface area contributed by atoms with Crippen molar-refractivity contribution in [1.29, 1.82) is 0 Å². The number of hydrogen-bond acceptors (Lipinski definition) is 10. The van der Waals surface area contributed by atoms with Crippen molar-refractivity contribution in [2.75, 3.05) is 6.54 Å². The van der Waals surface area contributed by atoms with Crippen LogP contribution in [0, 0.1) is 23.7 Å². The summed E-state index contributed by atoms with van der Waals surface area (Å²) in [5.74, 6) is -3.45. The number of thiazole rings is 1. The highest BCUT2D eigenvalue weighted by atomic mass is 35.5. The largest absolute Gasteiger partial charge is 0.444 e. The molecule has 4 amide bonds. The lowest BCUT2D eigenvalue weighted by Crippen LogP contribution is -2.57. The Kier molecular flexibility index (Phi) is 10.9. The third-order valence-electron chi connectivity index (χ3n) is 12.1. The molecule has 5 aliphatic rings. The molecule has 0 radical (unpaired) electrons. The van der Waals surface area contributed by atoms with Crippen LogP contribution < -0.4 is 10.0 Å². The minimum absolute atomic E-state index is 0.00239. The Morgan fingerprint density at radius 3 is 2.58 bits per heavy atom. The maximum Gasteiger partial charge on any atom is 0.410 e. The van der Waals surface area contributed by atoms with Gasteiger partial charge in [0.25, 0.3) is 5.91 Å². The molecule has 57 heavy (non-hydrogen) atoms. The summed E-state index contributed by atoms with van der Waals surface area (Å²) in [6.45, 7) is 4.29. The van der Waals surface area contributed by atoms with Gasteiger partial charge in [0.1, 0.15) is 17.7 Å². The van der Waals surface area contributed by atoms with Gasteiger partial charge in [-0.25, -0.2) is 23.2 Å². The molecule has 0 unspecified atom stereocenters. The molecule has 0 spiro atoms. The van der Waals surface area contributed by atoms with Crippen molar-refractivity contribution in [2.45, 2.75) is 100 Å². The van der Waals surface area contributed by atoms with Gasteiger partial charge >= 0.3 is 6.09 Å². The van der Waals surface area contributed by atoms with Gasteiger partial charge in [-0.3, -0.25) is 24.0 Å². The fourth-order valence-corrected chi connectivity index (χ4v) is 11.1. The molecule has 0 bridgehead atoms. The number of pyridine rings is 1. The number of likely N-dealkylation sites (tertiary alicyclic amines) is 1. The standard InChI is InChI=1S/C40H44ClFN6O7S2/c1-2-26-17-40(26,38(51)46-57(53,54)28-12-13-28)45-36(49)33-15-27(55-39(52)47-19-25-9-6-10-31(41)30(25)21-47)20-48(33)37(50)29(23-7-4-3-5-8-23)16-35-44-32(22-56-35)24-11-14-34(42)43-18-24/h2,6,9-11,14,18,22-23,26-29,33H,1,3-5,7-8,12-13,15-17,19-21H2,(H,45,49)(H,46,51)/t26-,27-,29+,33+,40-/m1/s1. The molecule has 3 aliphatic carbocycles. The predicted molar refractivity (Wildman–Crippen MR) is 209 cm³/mol. The highest BCUT2D eigenvalue weighted by molar-refractivity contribution is 7.91. The van der Waals surface area contributed by atoms with E-state index in [0.717, 1.165) is 43.2 Å². The fourth-order valence-electron chi connectivity index (χ4n) is 8.58. The minimum Gasteiger partial charge on any atom is -0.444 e. The monoisotopic (exact) mass is 838 g/mol. The van der Waals surface area contributed by atoms with E-state index in [1.54, 1.807) is 12.1 Å². The Hall–Kier alpha value is -4.41. The van der Waals surface area contributed by atoms with Crippen LogP contribution in [0.4, 0.5) is 9.18 Å². The van der Waals surface area contributed by atoms with Gasteiger partial charge < -0.3 is 15.0 Å². The molecule has 1 aromatic carbocycles. The summed E-state index contributed by atoms with van der Waals surface area (Å²) in [5, 5.41) is 5.28. The Morgan fingerprint density at radius 2 is 1.89 bits per heavy atom. The molecule has 2 aromatic heterocycles. The van der Waals surface area contributed by atoms with Gasteiger partial charge in [-0.05, 0) is 67.3 Å². The zero-order valence-corrected chi connectivity index (χ0v) is 33.6. The third-order valence-corrected chi connectivity index (χ3v) is 15.1. The smallest absolute Gasteiger partial charge is 0.410 e. The lowest BCUT2D eigenvalue weighted by Gasteiger charge is -2.34. The first-order valence-corrected chi connectivity index (χ1v) is 22.2. The Bertz CT molecular complexity index is 2190. The number of amides is 4. The summed E-state index contributed by atoms with van der Waals surface area (Å²) in [4.78, 5) is 68.1. The molecule has 17 heteroatoms. The third kappa shape index (κ3) is 8.17. The van der Waals surface area contributed by atoms with E-state index in [1.165, 1.54) is 39.5 Å². The number of carbonyl (C=O) groups excluding carboxylic acids is 4. The fraction of sp³-hybridized carbons (Fsp3) is 0.500. The number of sulfonamides is 1. The molecule has 302 valence electrons. The first-order chi connectivity index (χ1) is 27.3. The average molecular weight is 839 g/mol. The van der Waals surface area contributed by atoms with E-state index < -0.39 is 68.6 Å². The van der Waals surface area contributed by atoms with Crippen molar-refractivity contribution >= 4 is 56.8 Å². The number of halogens is 2. The molecular weight excluding hydrogens is 795 g/mol. The van der Waals surface area contributed by atoms with Gasteiger partial charge in [-0.2, -0.15) is 4.39 Å².